The molecule has 1 saturated carbocycles. The molecule has 3 atom stereocenters. The minimum atomic E-state index is -3.15. The lowest BCUT2D eigenvalue weighted by Crippen LogP contribution is -2.41. The molecule has 0 aromatic carbocycles. The molecule has 0 spiro atoms. The van der Waals surface area contributed by atoms with E-state index in [0.717, 1.165) is 19.3 Å². The standard InChI is InChI=1S/C13H24N2O3S/c14-13-3-1-2-10-8-15(9-12(10)13)19(16,17)11-4-6-18-7-5-11/h10-13H,1-9,14H2. The molecule has 2 saturated heterocycles. The van der Waals surface area contributed by atoms with Crippen molar-refractivity contribution in [3.05, 3.63) is 0 Å². The fourth-order valence-electron chi connectivity index (χ4n) is 3.87. The van der Waals surface area contributed by atoms with Gasteiger partial charge in [-0.25, -0.2) is 12.7 Å². The van der Waals surface area contributed by atoms with Gasteiger partial charge >= 0.3 is 0 Å². The molecule has 3 unspecified atom stereocenters. The Hall–Kier alpha value is -0.170. The molecule has 5 nitrogen and oxygen atoms in total. The van der Waals surface area contributed by atoms with Gasteiger partial charge < -0.3 is 10.5 Å². The highest BCUT2D eigenvalue weighted by molar-refractivity contribution is 7.89. The summed E-state index contributed by atoms with van der Waals surface area (Å²) in [6, 6.07) is 0.189. The van der Waals surface area contributed by atoms with Crippen molar-refractivity contribution in [1.82, 2.24) is 4.31 Å². The van der Waals surface area contributed by atoms with Crippen LogP contribution in [0.4, 0.5) is 0 Å². The lowest BCUT2D eigenvalue weighted by Gasteiger charge is -2.29. The third kappa shape index (κ3) is 2.55. The monoisotopic (exact) mass is 288 g/mol. The van der Waals surface area contributed by atoms with Crippen molar-refractivity contribution < 1.29 is 13.2 Å². The van der Waals surface area contributed by atoms with Crippen LogP contribution in [0.2, 0.25) is 0 Å². The maximum Gasteiger partial charge on any atom is 0.217 e. The predicted octanol–water partition coefficient (Wildman–Crippen LogP) is 0.554. The number of rotatable bonds is 2. The van der Waals surface area contributed by atoms with Crippen molar-refractivity contribution in [2.24, 2.45) is 17.6 Å². The number of sulfonamides is 1. The zero-order valence-corrected chi connectivity index (χ0v) is 12.1. The molecule has 2 N–H and O–H groups in total. The van der Waals surface area contributed by atoms with Gasteiger partial charge in [0.25, 0.3) is 0 Å². The van der Waals surface area contributed by atoms with Gasteiger partial charge in [-0.05, 0) is 37.5 Å². The zero-order chi connectivity index (χ0) is 13.5. The van der Waals surface area contributed by atoms with Crippen LogP contribution in [0.5, 0.6) is 0 Å². The largest absolute Gasteiger partial charge is 0.381 e. The van der Waals surface area contributed by atoms with Crippen molar-refractivity contribution in [1.29, 1.82) is 0 Å². The Morgan fingerprint density at radius 3 is 2.47 bits per heavy atom. The fraction of sp³-hybridized carbons (Fsp3) is 1.00. The Morgan fingerprint density at radius 1 is 1.05 bits per heavy atom. The van der Waals surface area contributed by atoms with Crippen molar-refractivity contribution in [3.63, 3.8) is 0 Å². The average molecular weight is 288 g/mol. The molecule has 0 amide bonds. The van der Waals surface area contributed by atoms with Crippen molar-refractivity contribution >= 4 is 10.0 Å². The summed E-state index contributed by atoms with van der Waals surface area (Å²) in [5.41, 5.74) is 6.16. The van der Waals surface area contributed by atoms with Gasteiger partial charge in [-0.1, -0.05) is 6.42 Å². The lowest BCUT2D eigenvalue weighted by atomic mass is 9.78. The molecule has 19 heavy (non-hydrogen) atoms. The molecule has 0 aromatic rings. The molecule has 110 valence electrons. The van der Waals surface area contributed by atoms with E-state index in [9.17, 15) is 8.42 Å². The van der Waals surface area contributed by atoms with Crippen LogP contribution in [-0.2, 0) is 14.8 Å². The first-order chi connectivity index (χ1) is 9.09. The lowest BCUT2D eigenvalue weighted by molar-refractivity contribution is 0.0973. The minimum absolute atomic E-state index is 0.189. The third-order valence-corrected chi connectivity index (χ3v) is 7.40. The second-order valence-electron chi connectivity index (χ2n) is 6.19. The zero-order valence-electron chi connectivity index (χ0n) is 11.3. The van der Waals surface area contributed by atoms with E-state index >= 15 is 0 Å². The summed E-state index contributed by atoms with van der Waals surface area (Å²) in [5, 5.41) is -0.238. The molecule has 2 heterocycles. The van der Waals surface area contributed by atoms with Crippen LogP contribution in [0.1, 0.15) is 32.1 Å². The molecular formula is C13H24N2O3S. The molecule has 3 fully saturated rings. The number of hydrogen-bond donors (Lipinski definition) is 1. The number of hydrogen-bond acceptors (Lipinski definition) is 4. The van der Waals surface area contributed by atoms with E-state index in [4.69, 9.17) is 10.5 Å². The molecule has 0 radical (unpaired) electrons. The number of nitrogens with zero attached hydrogens (tertiary/aromatic N) is 1. The van der Waals surface area contributed by atoms with E-state index in [2.05, 4.69) is 0 Å². The van der Waals surface area contributed by atoms with E-state index < -0.39 is 10.0 Å². The second kappa shape index (κ2) is 5.31. The van der Waals surface area contributed by atoms with E-state index in [1.165, 1.54) is 0 Å². The van der Waals surface area contributed by atoms with E-state index in [-0.39, 0.29) is 11.3 Å². The molecule has 1 aliphatic carbocycles. The Kier molecular flexibility index (Phi) is 3.86. The van der Waals surface area contributed by atoms with Gasteiger partial charge in [0.15, 0.2) is 0 Å². The Bertz CT molecular complexity index is 420. The van der Waals surface area contributed by atoms with Gasteiger partial charge in [-0.15, -0.1) is 0 Å². The smallest absolute Gasteiger partial charge is 0.217 e. The topological polar surface area (TPSA) is 72.6 Å². The quantitative estimate of drug-likeness (QED) is 0.805. The first-order valence-corrected chi connectivity index (χ1v) is 8.91. The van der Waals surface area contributed by atoms with Crippen molar-refractivity contribution in [3.8, 4) is 0 Å². The van der Waals surface area contributed by atoms with Crippen molar-refractivity contribution in [2.75, 3.05) is 26.3 Å². The van der Waals surface area contributed by atoms with Gasteiger partial charge in [0.1, 0.15) is 0 Å². The van der Waals surface area contributed by atoms with E-state index in [1.807, 2.05) is 0 Å². The van der Waals surface area contributed by atoms with Gasteiger partial charge in [-0.2, -0.15) is 0 Å². The first kappa shape index (κ1) is 13.8. The van der Waals surface area contributed by atoms with E-state index in [0.29, 0.717) is 51.0 Å². The molecule has 0 bridgehead atoms. The highest BCUT2D eigenvalue weighted by Gasteiger charge is 2.45. The van der Waals surface area contributed by atoms with Crippen LogP contribution >= 0.6 is 0 Å². The molecule has 6 heteroatoms. The molecule has 3 rings (SSSR count). The van der Waals surface area contributed by atoms with E-state index in [1.54, 1.807) is 4.31 Å². The maximum atomic E-state index is 12.7. The van der Waals surface area contributed by atoms with Crippen LogP contribution in [0.3, 0.4) is 0 Å². The third-order valence-electron chi connectivity index (χ3n) is 5.07. The maximum absolute atomic E-state index is 12.7. The average Bonchev–Trinajstić information content (AvgIpc) is 2.86. The van der Waals surface area contributed by atoms with Crippen LogP contribution in [-0.4, -0.2) is 50.3 Å². The van der Waals surface area contributed by atoms with Crippen LogP contribution in [0.15, 0.2) is 0 Å². The minimum Gasteiger partial charge on any atom is -0.381 e. The SMILES string of the molecule is NC1CCCC2CN(S(=O)(=O)C3CCOCC3)CC12. The van der Waals surface area contributed by atoms with Crippen LogP contribution in [0, 0.1) is 11.8 Å². The Balaban J connectivity index is 1.72. The predicted molar refractivity (Wildman–Crippen MR) is 73.1 cm³/mol. The molecule has 2 aliphatic heterocycles. The van der Waals surface area contributed by atoms with Crippen LogP contribution in [0.25, 0.3) is 0 Å². The van der Waals surface area contributed by atoms with Gasteiger partial charge in [0.2, 0.25) is 10.0 Å². The normalized spacial score (nSPS) is 38.3. The van der Waals surface area contributed by atoms with Gasteiger partial charge in [-0.3, -0.25) is 0 Å². The summed E-state index contributed by atoms with van der Waals surface area (Å²) in [5.74, 6) is 0.863. The summed E-state index contributed by atoms with van der Waals surface area (Å²) in [4.78, 5) is 0. The summed E-state index contributed by atoms with van der Waals surface area (Å²) in [7, 11) is -3.15. The molecule has 0 aromatic heterocycles. The second-order valence-corrected chi connectivity index (χ2v) is 8.41. The number of fused-ring (bicyclic) bond motifs is 1. The Labute approximate surface area is 115 Å². The number of nitrogens with two attached hydrogens (primary N) is 1. The van der Waals surface area contributed by atoms with Crippen LogP contribution < -0.4 is 5.73 Å². The fourth-order valence-corrected chi connectivity index (χ4v) is 5.86. The summed E-state index contributed by atoms with van der Waals surface area (Å²) < 4.78 is 32.3. The summed E-state index contributed by atoms with van der Waals surface area (Å²) >= 11 is 0. The number of ether oxygens (including phenoxy) is 1. The molecule has 3 aliphatic rings. The first-order valence-electron chi connectivity index (χ1n) is 7.41. The highest BCUT2D eigenvalue weighted by atomic mass is 32.2. The summed E-state index contributed by atoms with van der Waals surface area (Å²) in [6.45, 7) is 2.48. The molecular weight excluding hydrogens is 264 g/mol. The highest BCUT2D eigenvalue weighted by Crippen LogP contribution is 2.37. The Morgan fingerprint density at radius 2 is 1.79 bits per heavy atom. The van der Waals surface area contributed by atoms with Gasteiger partial charge in [0.05, 0.1) is 5.25 Å². The summed E-state index contributed by atoms with van der Waals surface area (Å²) in [6.07, 6.45) is 4.61. The van der Waals surface area contributed by atoms with Gasteiger partial charge in [0, 0.05) is 32.3 Å². The van der Waals surface area contributed by atoms with Crippen molar-refractivity contribution in [2.45, 2.75) is 43.4 Å².